The van der Waals surface area contributed by atoms with Crippen LogP contribution in [0.5, 0.6) is 0 Å². The molecule has 0 spiro atoms. The highest BCUT2D eigenvalue weighted by atomic mass is 19.1. The Morgan fingerprint density at radius 1 is 1.16 bits per heavy atom. The molecule has 0 aromatic heterocycles. The Balaban J connectivity index is 1.69. The summed E-state index contributed by atoms with van der Waals surface area (Å²) in [7, 11) is 0. The third kappa shape index (κ3) is 4.35. The predicted octanol–water partition coefficient (Wildman–Crippen LogP) is 1.20. The molecule has 134 valence electrons. The molecule has 1 saturated carbocycles. The van der Waals surface area contributed by atoms with E-state index in [0.29, 0.717) is 0 Å². The Bertz CT molecular complexity index is 689. The molecular formula is C18H21FN2O4. The van der Waals surface area contributed by atoms with Crippen molar-refractivity contribution in [2.45, 2.75) is 31.7 Å². The van der Waals surface area contributed by atoms with E-state index < -0.39 is 23.6 Å². The highest BCUT2D eigenvalue weighted by molar-refractivity contribution is 5.84. The monoisotopic (exact) mass is 348 g/mol. The van der Waals surface area contributed by atoms with Crippen molar-refractivity contribution in [1.29, 1.82) is 0 Å². The lowest BCUT2D eigenvalue weighted by Gasteiger charge is -2.35. The van der Waals surface area contributed by atoms with Gasteiger partial charge in [-0.05, 0) is 30.9 Å². The number of likely N-dealkylation sites (tertiary alicyclic amines) is 1. The summed E-state index contributed by atoms with van der Waals surface area (Å²) in [5, 5.41) is 12.2. The van der Waals surface area contributed by atoms with Gasteiger partial charge in [-0.1, -0.05) is 18.2 Å². The summed E-state index contributed by atoms with van der Waals surface area (Å²) in [6.45, 7) is 0.228. The number of carbonyl (C=O) groups excluding carboxylic acids is 2. The number of hydrogen-bond donors (Lipinski definition) is 2. The number of carbonyl (C=O) groups is 3. The number of halogens is 1. The van der Waals surface area contributed by atoms with Gasteiger partial charge in [-0.15, -0.1) is 0 Å². The third-order valence-electron chi connectivity index (χ3n) is 4.75. The van der Waals surface area contributed by atoms with E-state index in [1.54, 1.807) is 12.1 Å². The van der Waals surface area contributed by atoms with E-state index in [0.717, 1.165) is 12.8 Å². The summed E-state index contributed by atoms with van der Waals surface area (Å²) in [6.07, 6.45) is 1.96. The standard InChI is InChI=1S/C18H21FN2O4/c19-15-4-2-1-3-11(15)8-16(22)21-9-12(7-13(10-21)18(24)25)17(23)20-14-5-6-14/h1-4,12-14H,5-10H2,(H,20,23)(H,24,25)/t12-,13+/m0/s1. The predicted molar refractivity (Wildman–Crippen MR) is 87.1 cm³/mol. The van der Waals surface area contributed by atoms with Gasteiger partial charge in [-0.2, -0.15) is 0 Å². The minimum Gasteiger partial charge on any atom is -0.481 e. The molecular weight excluding hydrogens is 327 g/mol. The minimum atomic E-state index is -1.02. The van der Waals surface area contributed by atoms with Crippen molar-refractivity contribution < 1.29 is 23.9 Å². The number of aliphatic carboxylic acids is 1. The molecule has 1 aliphatic carbocycles. The van der Waals surface area contributed by atoms with Crippen molar-refractivity contribution >= 4 is 17.8 Å². The maximum absolute atomic E-state index is 13.7. The first-order chi connectivity index (χ1) is 11.9. The molecule has 7 heteroatoms. The molecule has 25 heavy (non-hydrogen) atoms. The topological polar surface area (TPSA) is 86.7 Å². The molecule has 1 heterocycles. The molecule has 2 atom stereocenters. The summed E-state index contributed by atoms with van der Waals surface area (Å²) in [5.41, 5.74) is 0.268. The zero-order valence-corrected chi connectivity index (χ0v) is 13.8. The van der Waals surface area contributed by atoms with Crippen molar-refractivity contribution in [3.05, 3.63) is 35.6 Å². The summed E-state index contributed by atoms with van der Waals surface area (Å²) in [4.78, 5) is 37.6. The van der Waals surface area contributed by atoms with Crippen LogP contribution in [0, 0.1) is 17.7 Å². The van der Waals surface area contributed by atoms with Crippen LogP contribution in [0.1, 0.15) is 24.8 Å². The van der Waals surface area contributed by atoms with Gasteiger partial charge in [0.2, 0.25) is 11.8 Å². The zero-order chi connectivity index (χ0) is 18.0. The lowest BCUT2D eigenvalue weighted by Crippen LogP contribution is -2.51. The highest BCUT2D eigenvalue weighted by Crippen LogP contribution is 2.26. The Kier molecular flexibility index (Phi) is 5.01. The molecule has 1 aromatic carbocycles. The van der Waals surface area contributed by atoms with Crippen molar-refractivity contribution in [2.24, 2.45) is 11.8 Å². The number of nitrogens with one attached hydrogen (secondary N) is 1. The van der Waals surface area contributed by atoms with Crippen LogP contribution in [0.3, 0.4) is 0 Å². The second-order valence-electron chi connectivity index (χ2n) is 6.82. The van der Waals surface area contributed by atoms with E-state index in [9.17, 15) is 23.9 Å². The molecule has 0 unspecified atom stereocenters. The molecule has 3 rings (SSSR count). The molecule has 2 aliphatic rings. The van der Waals surface area contributed by atoms with Crippen molar-refractivity contribution in [3.63, 3.8) is 0 Å². The number of carboxylic acids is 1. The Morgan fingerprint density at radius 3 is 2.48 bits per heavy atom. The molecule has 0 bridgehead atoms. The first kappa shape index (κ1) is 17.4. The number of benzene rings is 1. The highest BCUT2D eigenvalue weighted by Gasteiger charge is 2.38. The summed E-state index contributed by atoms with van der Waals surface area (Å²) >= 11 is 0. The molecule has 1 aliphatic heterocycles. The SMILES string of the molecule is O=C(O)[C@@H]1C[C@H](C(=O)NC2CC2)CN(C(=O)Cc2ccccc2F)C1. The lowest BCUT2D eigenvalue weighted by molar-refractivity contribution is -0.148. The molecule has 6 nitrogen and oxygen atoms in total. The van der Waals surface area contributed by atoms with E-state index in [1.807, 2.05) is 0 Å². The van der Waals surface area contributed by atoms with Crippen LogP contribution in [-0.4, -0.2) is 46.9 Å². The molecule has 2 amide bonds. The summed E-state index contributed by atoms with van der Waals surface area (Å²) in [6, 6.07) is 6.19. The van der Waals surface area contributed by atoms with Crippen LogP contribution in [0.2, 0.25) is 0 Å². The number of piperidine rings is 1. The maximum atomic E-state index is 13.7. The zero-order valence-electron chi connectivity index (χ0n) is 13.8. The largest absolute Gasteiger partial charge is 0.481 e. The average Bonchev–Trinajstić information content (AvgIpc) is 3.40. The summed E-state index contributed by atoms with van der Waals surface area (Å²) in [5.74, 6) is -3.37. The molecule has 2 N–H and O–H groups in total. The molecule has 2 fully saturated rings. The first-order valence-corrected chi connectivity index (χ1v) is 8.48. The Labute approximate surface area is 145 Å². The van der Waals surface area contributed by atoms with E-state index >= 15 is 0 Å². The van der Waals surface area contributed by atoms with Gasteiger partial charge in [0.05, 0.1) is 18.3 Å². The van der Waals surface area contributed by atoms with Crippen LogP contribution in [0.25, 0.3) is 0 Å². The third-order valence-corrected chi connectivity index (χ3v) is 4.75. The normalized spacial score (nSPS) is 23.2. The second-order valence-corrected chi connectivity index (χ2v) is 6.82. The van der Waals surface area contributed by atoms with E-state index in [1.165, 1.54) is 17.0 Å². The number of rotatable bonds is 5. The van der Waals surface area contributed by atoms with Crippen LogP contribution in [0.4, 0.5) is 4.39 Å². The van der Waals surface area contributed by atoms with Gasteiger partial charge in [-0.3, -0.25) is 14.4 Å². The van der Waals surface area contributed by atoms with Crippen molar-refractivity contribution in [3.8, 4) is 0 Å². The quantitative estimate of drug-likeness (QED) is 0.837. The maximum Gasteiger partial charge on any atom is 0.308 e. The van der Waals surface area contributed by atoms with Crippen LogP contribution in [0.15, 0.2) is 24.3 Å². The van der Waals surface area contributed by atoms with E-state index in [4.69, 9.17) is 0 Å². The van der Waals surface area contributed by atoms with Gasteiger partial charge >= 0.3 is 5.97 Å². The number of carboxylic acid groups (broad SMARTS) is 1. The molecule has 0 radical (unpaired) electrons. The fourth-order valence-electron chi connectivity index (χ4n) is 3.13. The van der Waals surface area contributed by atoms with Gasteiger partial charge in [0.1, 0.15) is 5.82 Å². The van der Waals surface area contributed by atoms with E-state index in [2.05, 4.69) is 5.32 Å². The van der Waals surface area contributed by atoms with Gasteiger partial charge < -0.3 is 15.3 Å². The first-order valence-electron chi connectivity index (χ1n) is 8.48. The number of nitrogens with zero attached hydrogens (tertiary/aromatic N) is 1. The lowest BCUT2D eigenvalue weighted by atomic mass is 9.88. The Hall–Kier alpha value is -2.44. The van der Waals surface area contributed by atoms with Crippen LogP contribution in [-0.2, 0) is 20.8 Å². The number of hydrogen-bond acceptors (Lipinski definition) is 3. The molecule has 1 aromatic rings. The van der Waals surface area contributed by atoms with E-state index in [-0.39, 0.29) is 49.4 Å². The van der Waals surface area contributed by atoms with Gasteiger partial charge in [-0.25, -0.2) is 4.39 Å². The minimum absolute atomic E-state index is 0.0514. The van der Waals surface area contributed by atoms with Crippen LogP contribution < -0.4 is 5.32 Å². The van der Waals surface area contributed by atoms with Gasteiger partial charge in [0.25, 0.3) is 0 Å². The van der Waals surface area contributed by atoms with Crippen molar-refractivity contribution in [1.82, 2.24) is 10.2 Å². The average molecular weight is 348 g/mol. The van der Waals surface area contributed by atoms with Gasteiger partial charge in [0, 0.05) is 19.1 Å². The fraction of sp³-hybridized carbons (Fsp3) is 0.500. The van der Waals surface area contributed by atoms with Gasteiger partial charge in [0.15, 0.2) is 0 Å². The Morgan fingerprint density at radius 2 is 1.84 bits per heavy atom. The number of amides is 2. The summed E-state index contributed by atoms with van der Waals surface area (Å²) < 4.78 is 13.7. The molecule has 1 saturated heterocycles. The van der Waals surface area contributed by atoms with Crippen LogP contribution >= 0.6 is 0 Å². The second kappa shape index (κ2) is 7.21. The van der Waals surface area contributed by atoms with Crippen molar-refractivity contribution in [2.75, 3.05) is 13.1 Å². The fourth-order valence-corrected chi connectivity index (χ4v) is 3.13. The smallest absolute Gasteiger partial charge is 0.308 e.